The Morgan fingerprint density at radius 2 is 1.89 bits per heavy atom. The number of aromatic nitrogens is 2. The summed E-state index contributed by atoms with van der Waals surface area (Å²) in [6, 6.07) is 5.19. The summed E-state index contributed by atoms with van der Waals surface area (Å²) in [6.07, 6.45) is 0.296. The molecule has 0 atom stereocenters. The van der Waals surface area contributed by atoms with E-state index in [1.807, 2.05) is 0 Å². The van der Waals surface area contributed by atoms with Crippen molar-refractivity contribution in [1.29, 1.82) is 0 Å². The van der Waals surface area contributed by atoms with Gasteiger partial charge in [0.25, 0.3) is 5.56 Å². The molecule has 4 nitrogen and oxygen atoms in total. The molecule has 0 aliphatic heterocycles. The molecule has 0 saturated heterocycles. The van der Waals surface area contributed by atoms with Crippen molar-refractivity contribution < 1.29 is 5.11 Å². The quantitative estimate of drug-likeness (QED) is 0.908. The van der Waals surface area contributed by atoms with Crippen LogP contribution >= 0.6 is 23.2 Å². The lowest BCUT2D eigenvalue weighted by atomic mass is 10.1. The second kappa shape index (κ2) is 5.18. The van der Waals surface area contributed by atoms with Crippen LogP contribution in [0.4, 0.5) is 0 Å². The number of H-pyrrole nitrogens is 1. The minimum absolute atomic E-state index is 0.185. The minimum atomic E-state index is -0.229. The monoisotopic (exact) mass is 286 g/mol. The maximum absolute atomic E-state index is 11.9. The van der Waals surface area contributed by atoms with Gasteiger partial charge >= 0.3 is 0 Å². The summed E-state index contributed by atoms with van der Waals surface area (Å²) in [5.74, 6) is 0. The van der Waals surface area contributed by atoms with Gasteiger partial charge in [-0.15, -0.1) is 0 Å². The molecule has 0 fully saturated rings. The van der Waals surface area contributed by atoms with Crippen LogP contribution in [0.25, 0.3) is 0 Å². The first-order valence-corrected chi connectivity index (χ1v) is 6.10. The normalized spacial score (nSPS) is 10.9. The molecule has 0 aliphatic carbocycles. The van der Waals surface area contributed by atoms with Gasteiger partial charge < -0.3 is 5.11 Å². The van der Waals surface area contributed by atoms with E-state index in [0.29, 0.717) is 33.3 Å². The van der Waals surface area contributed by atoms with E-state index in [4.69, 9.17) is 23.2 Å². The van der Waals surface area contributed by atoms with Gasteiger partial charge in [0.05, 0.1) is 12.3 Å². The lowest BCUT2D eigenvalue weighted by Crippen LogP contribution is -2.15. The molecular weight excluding hydrogens is 275 g/mol. The molecule has 2 aromatic rings. The van der Waals surface area contributed by atoms with Crippen LogP contribution < -0.4 is 5.56 Å². The molecule has 0 aliphatic rings. The molecule has 2 N–H and O–H groups in total. The number of aliphatic hydroxyl groups is 1. The molecule has 1 aromatic carbocycles. The zero-order valence-corrected chi connectivity index (χ0v) is 11.2. The Balaban J connectivity index is 2.49. The van der Waals surface area contributed by atoms with Crippen molar-refractivity contribution in [3.63, 3.8) is 0 Å². The van der Waals surface area contributed by atoms with E-state index < -0.39 is 0 Å². The van der Waals surface area contributed by atoms with Gasteiger partial charge in [-0.05, 0) is 17.7 Å². The van der Waals surface area contributed by atoms with Gasteiger partial charge in [-0.2, -0.15) is 0 Å². The molecule has 1 aromatic heterocycles. The van der Waals surface area contributed by atoms with Crippen molar-refractivity contribution in [2.24, 2.45) is 7.05 Å². The molecular formula is C12H12Cl2N2O2. The lowest BCUT2D eigenvalue weighted by molar-refractivity contribution is 0.274. The minimum Gasteiger partial charge on any atom is -0.390 e. The summed E-state index contributed by atoms with van der Waals surface area (Å²) in [7, 11) is 1.60. The van der Waals surface area contributed by atoms with Crippen molar-refractivity contribution >= 4 is 23.2 Å². The molecule has 0 radical (unpaired) electrons. The van der Waals surface area contributed by atoms with Crippen molar-refractivity contribution in [3.8, 4) is 0 Å². The summed E-state index contributed by atoms with van der Waals surface area (Å²) < 4.78 is 1.33. The predicted octanol–water partition coefficient (Wildman–Crippen LogP) is 2.10. The smallest absolute Gasteiger partial charge is 0.270 e. The third kappa shape index (κ3) is 2.32. The van der Waals surface area contributed by atoms with E-state index in [0.717, 1.165) is 0 Å². The summed E-state index contributed by atoms with van der Waals surface area (Å²) in [4.78, 5) is 11.9. The third-order valence-electron chi connectivity index (χ3n) is 2.80. The Labute approximate surface area is 114 Å². The maximum atomic E-state index is 11.9. The molecule has 1 heterocycles. The fraction of sp³-hybridized carbons (Fsp3) is 0.250. The van der Waals surface area contributed by atoms with Crippen molar-refractivity contribution in [3.05, 3.63) is 55.4 Å². The molecule has 0 bridgehead atoms. The van der Waals surface area contributed by atoms with Gasteiger partial charge in [0.15, 0.2) is 0 Å². The predicted molar refractivity (Wildman–Crippen MR) is 71.2 cm³/mol. The number of rotatable bonds is 3. The molecule has 6 heteroatoms. The Hall–Kier alpha value is -1.23. The Kier molecular flexibility index (Phi) is 3.80. The fourth-order valence-corrected chi connectivity index (χ4v) is 2.37. The number of aryl methyl sites for hydroxylation is 1. The van der Waals surface area contributed by atoms with E-state index in [2.05, 4.69) is 5.10 Å². The molecule has 96 valence electrons. The summed E-state index contributed by atoms with van der Waals surface area (Å²) in [5, 5.41) is 13.0. The second-order valence-corrected chi connectivity index (χ2v) is 4.78. The Morgan fingerprint density at radius 3 is 2.44 bits per heavy atom. The first-order valence-electron chi connectivity index (χ1n) is 5.35. The summed E-state index contributed by atoms with van der Waals surface area (Å²) in [5.41, 5.74) is 1.47. The highest BCUT2D eigenvalue weighted by atomic mass is 35.5. The number of nitrogens with one attached hydrogen (secondary N) is 1. The Morgan fingerprint density at radius 1 is 1.28 bits per heavy atom. The van der Waals surface area contributed by atoms with Crippen LogP contribution in [0, 0.1) is 0 Å². The third-order valence-corrected chi connectivity index (χ3v) is 3.51. The topological polar surface area (TPSA) is 58.0 Å². The van der Waals surface area contributed by atoms with Gasteiger partial charge in [-0.1, -0.05) is 29.3 Å². The van der Waals surface area contributed by atoms with Gasteiger partial charge in [-0.3, -0.25) is 14.6 Å². The van der Waals surface area contributed by atoms with Gasteiger partial charge in [-0.25, -0.2) is 0 Å². The van der Waals surface area contributed by atoms with Gasteiger partial charge in [0.1, 0.15) is 0 Å². The van der Waals surface area contributed by atoms with Crippen LogP contribution in [-0.4, -0.2) is 14.9 Å². The van der Waals surface area contributed by atoms with Crippen LogP contribution in [0.15, 0.2) is 23.0 Å². The van der Waals surface area contributed by atoms with E-state index in [-0.39, 0.29) is 12.2 Å². The number of halogens is 2. The van der Waals surface area contributed by atoms with Gasteiger partial charge in [0, 0.05) is 29.1 Å². The van der Waals surface area contributed by atoms with E-state index in [1.54, 1.807) is 25.2 Å². The van der Waals surface area contributed by atoms with Crippen molar-refractivity contribution in [1.82, 2.24) is 9.78 Å². The standard InChI is InChI=1S/C12H12Cl2N2O2/c1-16-12(18)8(11(6-17)15-16)5-7-9(13)3-2-4-10(7)14/h2-4,15,17H,5-6H2,1H3. The zero-order chi connectivity index (χ0) is 13.3. The van der Waals surface area contributed by atoms with Crippen LogP contribution in [-0.2, 0) is 20.1 Å². The first kappa shape index (κ1) is 13.2. The number of hydrogen-bond donors (Lipinski definition) is 2. The summed E-state index contributed by atoms with van der Waals surface area (Å²) >= 11 is 12.1. The van der Waals surface area contributed by atoms with Crippen LogP contribution in [0.5, 0.6) is 0 Å². The van der Waals surface area contributed by atoms with Crippen LogP contribution in [0.3, 0.4) is 0 Å². The number of aromatic amines is 1. The Bertz CT molecular complexity index is 611. The number of hydrogen-bond acceptors (Lipinski definition) is 2. The highest BCUT2D eigenvalue weighted by Crippen LogP contribution is 2.26. The van der Waals surface area contributed by atoms with E-state index in [1.165, 1.54) is 4.68 Å². The average Bonchev–Trinajstić information content (AvgIpc) is 2.61. The van der Waals surface area contributed by atoms with E-state index in [9.17, 15) is 9.90 Å². The van der Waals surface area contributed by atoms with Crippen molar-refractivity contribution in [2.75, 3.05) is 0 Å². The van der Waals surface area contributed by atoms with Crippen LogP contribution in [0.2, 0.25) is 10.0 Å². The SMILES string of the molecule is Cn1[nH]c(CO)c(Cc2c(Cl)cccc2Cl)c1=O. The van der Waals surface area contributed by atoms with Gasteiger partial charge in [0.2, 0.25) is 0 Å². The zero-order valence-electron chi connectivity index (χ0n) is 9.70. The molecule has 0 spiro atoms. The highest BCUT2D eigenvalue weighted by Gasteiger charge is 2.15. The molecule has 0 unspecified atom stereocenters. The number of benzene rings is 1. The molecule has 0 saturated carbocycles. The van der Waals surface area contributed by atoms with Crippen LogP contribution in [0.1, 0.15) is 16.8 Å². The number of nitrogens with zero attached hydrogens (tertiary/aromatic N) is 1. The average molecular weight is 287 g/mol. The molecule has 0 amide bonds. The summed E-state index contributed by atoms with van der Waals surface area (Å²) in [6.45, 7) is -0.229. The highest BCUT2D eigenvalue weighted by molar-refractivity contribution is 6.36. The largest absolute Gasteiger partial charge is 0.390 e. The fourth-order valence-electron chi connectivity index (χ4n) is 1.84. The maximum Gasteiger partial charge on any atom is 0.270 e. The second-order valence-electron chi connectivity index (χ2n) is 3.97. The number of aliphatic hydroxyl groups excluding tert-OH is 1. The first-order chi connectivity index (χ1) is 8.54. The van der Waals surface area contributed by atoms with Crippen molar-refractivity contribution in [2.45, 2.75) is 13.0 Å². The van der Waals surface area contributed by atoms with E-state index >= 15 is 0 Å². The molecule has 18 heavy (non-hydrogen) atoms. The molecule has 2 rings (SSSR count). The lowest BCUT2D eigenvalue weighted by Gasteiger charge is -2.05.